The molecule has 19 heavy (non-hydrogen) atoms. The number of likely N-dealkylation sites (tertiary alicyclic amines) is 1. The van der Waals surface area contributed by atoms with E-state index in [4.69, 9.17) is 5.11 Å². The molecule has 0 saturated carbocycles. The Labute approximate surface area is 114 Å². The van der Waals surface area contributed by atoms with Crippen molar-refractivity contribution >= 4 is 12.0 Å². The number of carbonyl (C=O) groups excluding carboxylic acids is 1. The van der Waals surface area contributed by atoms with Crippen LogP contribution in [0.2, 0.25) is 0 Å². The molecule has 0 aliphatic carbocycles. The van der Waals surface area contributed by atoms with Gasteiger partial charge in [0.2, 0.25) is 0 Å². The van der Waals surface area contributed by atoms with Gasteiger partial charge < -0.3 is 20.6 Å². The summed E-state index contributed by atoms with van der Waals surface area (Å²) in [5, 5.41) is 14.8. The third-order valence-corrected chi connectivity index (χ3v) is 3.47. The smallest absolute Gasteiger partial charge is 0.326 e. The molecule has 2 atom stereocenters. The van der Waals surface area contributed by atoms with E-state index in [1.165, 1.54) is 0 Å². The first-order valence-corrected chi connectivity index (χ1v) is 7.01. The van der Waals surface area contributed by atoms with Crippen LogP contribution in [0.5, 0.6) is 0 Å². The number of urea groups is 1. The summed E-state index contributed by atoms with van der Waals surface area (Å²) in [6, 6.07) is -1.02. The SMILES string of the molecule is CCC[C@@H](NC(=O)N1CCCC(CNC)C1)C(=O)O. The van der Waals surface area contributed by atoms with Crippen LogP contribution >= 0.6 is 0 Å². The van der Waals surface area contributed by atoms with E-state index >= 15 is 0 Å². The van der Waals surface area contributed by atoms with E-state index in [1.807, 2.05) is 14.0 Å². The predicted molar refractivity (Wildman–Crippen MR) is 73.1 cm³/mol. The van der Waals surface area contributed by atoms with E-state index in [0.717, 1.165) is 25.8 Å². The number of nitrogens with one attached hydrogen (secondary N) is 2. The van der Waals surface area contributed by atoms with Crippen molar-refractivity contribution in [3.8, 4) is 0 Å². The molecular weight excluding hydrogens is 246 g/mol. The van der Waals surface area contributed by atoms with Crippen molar-refractivity contribution in [2.24, 2.45) is 5.92 Å². The number of hydrogen-bond donors (Lipinski definition) is 3. The lowest BCUT2D eigenvalue weighted by molar-refractivity contribution is -0.139. The van der Waals surface area contributed by atoms with Crippen molar-refractivity contribution in [3.63, 3.8) is 0 Å². The number of rotatable bonds is 6. The van der Waals surface area contributed by atoms with Gasteiger partial charge in [-0.15, -0.1) is 0 Å². The van der Waals surface area contributed by atoms with Gasteiger partial charge in [0.1, 0.15) is 6.04 Å². The van der Waals surface area contributed by atoms with Gasteiger partial charge in [-0.05, 0) is 38.8 Å². The second-order valence-electron chi connectivity index (χ2n) is 5.14. The number of aliphatic carboxylic acids is 1. The molecule has 2 amide bonds. The normalized spacial score (nSPS) is 20.9. The van der Waals surface area contributed by atoms with E-state index in [-0.39, 0.29) is 6.03 Å². The van der Waals surface area contributed by atoms with Gasteiger partial charge in [-0.2, -0.15) is 0 Å². The highest BCUT2D eigenvalue weighted by atomic mass is 16.4. The van der Waals surface area contributed by atoms with Crippen molar-refractivity contribution in [2.75, 3.05) is 26.7 Å². The Balaban J connectivity index is 2.49. The molecular formula is C13H25N3O3. The van der Waals surface area contributed by atoms with Gasteiger partial charge in [-0.25, -0.2) is 9.59 Å². The van der Waals surface area contributed by atoms with Crippen molar-refractivity contribution in [1.29, 1.82) is 0 Å². The first-order chi connectivity index (χ1) is 9.08. The van der Waals surface area contributed by atoms with E-state index in [9.17, 15) is 9.59 Å². The van der Waals surface area contributed by atoms with Crippen LogP contribution < -0.4 is 10.6 Å². The molecule has 1 rings (SSSR count). The summed E-state index contributed by atoms with van der Waals surface area (Å²) in [5.74, 6) is -0.502. The number of piperidine rings is 1. The van der Waals surface area contributed by atoms with E-state index in [0.29, 0.717) is 25.4 Å². The fourth-order valence-corrected chi connectivity index (χ4v) is 2.49. The van der Waals surface area contributed by atoms with Crippen LogP contribution in [0.4, 0.5) is 4.79 Å². The molecule has 0 bridgehead atoms. The molecule has 1 fully saturated rings. The summed E-state index contributed by atoms with van der Waals surface area (Å²) >= 11 is 0. The third-order valence-electron chi connectivity index (χ3n) is 3.47. The third kappa shape index (κ3) is 5.06. The van der Waals surface area contributed by atoms with Crippen molar-refractivity contribution in [1.82, 2.24) is 15.5 Å². The minimum atomic E-state index is -0.959. The molecule has 0 aromatic heterocycles. The molecule has 0 aromatic carbocycles. The summed E-state index contributed by atoms with van der Waals surface area (Å²) in [5.41, 5.74) is 0. The Morgan fingerprint density at radius 2 is 2.21 bits per heavy atom. The van der Waals surface area contributed by atoms with Crippen LogP contribution in [0.15, 0.2) is 0 Å². The lowest BCUT2D eigenvalue weighted by Crippen LogP contribution is -2.51. The molecule has 1 heterocycles. The fraction of sp³-hybridized carbons (Fsp3) is 0.846. The van der Waals surface area contributed by atoms with E-state index < -0.39 is 12.0 Å². The maximum Gasteiger partial charge on any atom is 0.326 e. The highest BCUT2D eigenvalue weighted by Gasteiger charge is 2.26. The zero-order chi connectivity index (χ0) is 14.3. The summed E-state index contributed by atoms with van der Waals surface area (Å²) in [7, 11) is 1.90. The van der Waals surface area contributed by atoms with Gasteiger partial charge in [0.05, 0.1) is 0 Å². The zero-order valence-corrected chi connectivity index (χ0v) is 11.8. The number of carboxylic acids is 1. The lowest BCUT2D eigenvalue weighted by atomic mass is 9.98. The highest BCUT2D eigenvalue weighted by Crippen LogP contribution is 2.15. The second kappa shape index (κ2) is 7.99. The topological polar surface area (TPSA) is 81.7 Å². The van der Waals surface area contributed by atoms with Crippen LogP contribution in [-0.2, 0) is 4.79 Å². The molecule has 0 aromatic rings. The summed E-state index contributed by atoms with van der Waals surface area (Å²) in [6.45, 7) is 4.21. The first kappa shape index (κ1) is 15.8. The summed E-state index contributed by atoms with van der Waals surface area (Å²) in [4.78, 5) is 24.8. The molecule has 1 aliphatic heterocycles. The average Bonchev–Trinajstić information content (AvgIpc) is 2.38. The molecule has 0 radical (unpaired) electrons. The monoisotopic (exact) mass is 271 g/mol. The molecule has 1 saturated heterocycles. The van der Waals surface area contributed by atoms with Crippen LogP contribution in [0, 0.1) is 5.92 Å². The molecule has 6 nitrogen and oxygen atoms in total. The zero-order valence-electron chi connectivity index (χ0n) is 11.8. The van der Waals surface area contributed by atoms with E-state index in [2.05, 4.69) is 10.6 Å². The predicted octanol–water partition coefficient (Wildman–Crippen LogP) is 0.881. The summed E-state index contributed by atoms with van der Waals surface area (Å²) < 4.78 is 0. The standard InChI is InChI=1S/C13H25N3O3/c1-3-5-11(12(17)18)15-13(19)16-7-4-6-10(9-16)8-14-2/h10-11,14H,3-9H2,1-2H3,(H,15,19)(H,17,18)/t10?,11-/m1/s1. The number of nitrogens with zero attached hydrogens (tertiary/aromatic N) is 1. The Kier molecular flexibility index (Phi) is 6.62. The maximum atomic E-state index is 12.1. The number of carboxylic acid groups (broad SMARTS) is 1. The van der Waals surface area contributed by atoms with Gasteiger partial charge in [0.25, 0.3) is 0 Å². The second-order valence-corrected chi connectivity index (χ2v) is 5.14. The highest BCUT2D eigenvalue weighted by molar-refractivity contribution is 5.82. The largest absolute Gasteiger partial charge is 0.480 e. The maximum absolute atomic E-state index is 12.1. The minimum Gasteiger partial charge on any atom is -0.480 e. The van der Waals surface area contributed by atoms with Crippen molar-refractivity contribution in [3.05, 3.63) is 0 Å². The number of hydrogen-bond acceptors (Lipinski definition) is 3. The quantitative estimate of drug-likeness (QED) is 0.670. The molecule has 110 valence electrons. The van der Waals surface area contributed by atoms with Crippen molar-refractivity contribution < 1.29 is 14.7 Å². The Hall–Kier alpha value is -1.30. The van der Waals surface area contributed by atoms with Gasteiger partial charge in [0, 0.05) is 13.1 Å². The average molecular weight is 271 g/mol. The van der Waals surface area contributed by atoms with Gasteiger partial charge in [0.15, 0.2) is 0 Å². The Morgan fingerprint density at radius 1 is 1.47 bits per heavy atom. The molecule has 6 heteroatoms. The number of amides is 2. The molecule has 1 unspecified atom stereocenters. The fourth-order valence-electron chi connectivity index (χ4n) is 2.49. The summed E-state index contributed by atoms with van der Waals surface area (Å²) in [6.07, 6.45) is 3.29. The first-order valence-electron chi connectivity index (χ1n) is 7.01. The lowest BCUT2D eigenvalue weighted by Gasteiger charge is -2.33. The van der Waals surface area contributed by atoms with Gasteiger partial charge in [-0.1, -0.05) is 13.3 Å². The van der Waals surface area contributed by atoms with E-state index in [1.54, 1.807) is 4.90 Å². The minimum absolute atomic E-state index is 0.248. The van der Waals surface area contributed by atoms with Crippen LogP contribution in [-0.4, -0.2) is 54.7 Å². The van der Waals surface area contributed by atoms with Crippen LogP contribution in [0.25, 0.3) is 0 Å². The van der Waals surface area contributed by atoms with Gasteiger partial charge >= 0.3 is 12.0 Å². The molecule has 0 spiro atoms. The van der Waals surface area contributed by atoms with Crippen LogP contribution in [0.1, 0.15) is 32.6 Å². The molecule has 3 N–H and O–H groups in total. The molecule has 1 aliphatic rings. The Bertz CT molecular complexity index is 308. The number of carbonyl (C=O) groups is 2. The van der Waals surface area contributed by atoms with Crippen LogP contribution in [0.3, 0.4) is 0 Å². The van der Waals surface area contributed by atoms with Crippen molar-refractivity contribution in [2.45, 2.75) is 38.6 Å². The Morgan fingerprint density at radius 3 is 2.79 bits per heavy atom. The van der Waals surface area contributed by atoms with Gasteiger partial charge in [-0.3, -0.25) is 0 Å².